The molecule has 0 aliphatic carbocycles. The van der Waals surface area contributed by atoms with E-state index in [1.807, 2.05) is 44.4 Å². The van der Waals surface area contributed by atoms with Crippen LogP contribution >= 0.6 is 11.3 Å². The van der Waals surface area contributed by atoms with Gasteiger partial charge in [-0.15, -0.1) is 11.3 Å². The fraction of sp³-hybridized carbons (Fsp3) is 0.375. The zero-order valence-corrected chi connectivity index (χ0v) is 14.2. The van der Waals surface area contributed by atoms with Crippen LogP contribution in [0.2, 0.25) is 0 Å². The van der Waals surface area contributed by atoms with Crippen molar-refractivity contribution >= 4 is 22.4 Å². The smallest absolute Gasteiger partial charge is 0.231 e. The first kappa shape index (κ1) is 16.3. The van der Waals surface area contributed by atoms with E-state index in [1.54, 1.807) is 14.2 Å². The Morgan fingerprint density at radius 1 is 1.18 bits per heavy atom. The number of hydrogen-bond donors (Lipinski definition) is 1. The third kappa shape index (κ3) is 3.57. The van der Waals surface area contributed by atoms with Crippen LogP contribution in [0.4, 0.5) is 5.13 Å². The molecule has 0 aliphatic heterocycles. The molecule has 0 spiro atoms. The van der Waals surface area contributed by atoms with Gasteiger partial charge in [0.25, 0.3) is 0 Å². The van der Waals surface area contributed by atoms with Gasteiger partial charge in [0.15, 0.2) is 16.6 Å². The number of methoxy groups -OCH3 is 2. The molecule has 0 saturated carbocycles. The molecule has 0 unspecified atom stereocenters. The molecular formula is C16H20N2O3S. The van der Waals surface area contributed by atoms with Gasteiger partial charge in [-0.25, -0.2) is 4.98 Å². The molecule has 0 radical (unpaired) electrons. The lowest BCUT2D eigenvalue weighted by Crippen LogP contribution is -2.27. The summed E-state index contributed by atoms with van der Waals surface area (Å²) in [4.78, 5) is 16.4. The van der Waals surface area contributed by atoms with Crippen molar-refractivity contribution in [2.75, 3.05) is 19.5 Å². The summed E-state index contributed by atoms with van der Waals surface area (Å²) in [5.41, 5.74) is 1.25. The van der Waals surface area contributed by atoms with E-state index in [0.717, 1.165) is 11.3 Å². The van der Waals surface area contributed by atoms with Gasteiger partial charge in [0, 0.05) is 16.4 Å². The first-order valence-corrected chi connectivity index (χ1v) is 7.72. The first-order chi connectivity index (χ1) is 10.3. The third-order valence-corrected chi connectivity index (χ3v) is 3.84. The molecule has 6 heteroatoms. The minimum absolute atomic E-state index is 0.0549. The Morgan fingerprint density at radius 3 is 2.45 bits per heavy atom. The maximum Gasteiger partial charge on any atom is 0.231 e. The first-order valence-electron chi connectivity index (χ1n) is 6.84. The molecule has 1 amide bonds. The van der Waals surface area contributed by atoms with Crippen LogP contribution in [0, 0.1) is 5.41 Å². The van der Waals surface area contributed by atoms with Gasteiger partial charge in [-0.2, -0.15) is 0 Å². The molecular weight excluding hydrogens is 300 g/mol. The van der Waals surface area contributed by atoms with Crippen LogP contribution in [-0.4, -0.2) is 25.1 Å². The SMILES string of the molecule is COc1ccc(-c2csc(NC(=O)C(C)(C)C)n2)cc1OC. The number of thiazole rings is 1. The molecule has 0 fully saturated rings. The minimum Gasteiger partial charge on any atom is -0.493 e. The summed E-state index contributed by atoms with van der Waals surface area (Å²) in [6, 6.07) is 5.61. The number of carbonyl (C=O) groups is 1. The molecule has 1 N–H and O–H groups in total. The predicted molar refractivity (Wildman–Crippen MR) is 88.7 cm³/mol. The van der Waals surface area contributed by atoms with Gasteiger partial charge >= 0.3 is 0 Å². The van der Waals surface area contributed by atoms with Crippen LogP contribution in [0.3, 0.4) is 0 Å². The highest BCUT2D eigenvalue weighted by Gasteiger charge is 2.22. The van der Waals surface area contributed by atoms with Crippen molar-refractivity contribution in [1.82, 2.24) is 4.98 Å². The molecule has 1 heterocycles. The van der Waals surface area contributed by atoms with E-state index in [2.05, 4.69) is 10.3 Å². The van der Waals surface area contributed by atoms with Crippen molar-refractivity contribution < 1.29 is 14.3 Å². The molecule has 0 bridgehead atoms. The molecule has 0 aliphatic rings. The number of hydrogen-bond acceptors (Lipinski definition) is 5. The number of anilines is 1. The van der Waals surface area contributed by atoms with Gasteiger partial charge in [-0.1, -0.05) is 20.8 Å². The number of carbonyl (C=O) groups excluding carboxylic acids is 1. The average Bonchev–Trinajstić information content (AvgIpc) is 2.94. The average molecular weight is 320 g/mol. The van der Waals surface area contributed by atoms with Crippen molar-refractivity contribution in [3.05, 3.63) is 23.6 Å². The number of ether oxygens (including phenoxy) is 2. The quantitative estimate of drug-likeness (QED) is 0.930. The van der Waals surface area contributed by atoms with Crippen LogP contribution < -0.4 is 14.8 Å². The highest BCUT2D eigenvalue weighted by Crippen LogP contribution is 2.33. The topological polar surface area (TPSA) is 60.5 Å². The van der Waals surface area contributed by atoms with E-state index < -0.39 is 5.41 Å². The lowest BCUT2D eigenvalue weighted by Gasteiger charge is -2.15. The summed E-state index contributed by atoms with van der Waals surface area (Å²) in [5.74, 6) is 1.26. The lowest BCUT2D eigenvalue weighted by molar-refractivity contribution is -0.123. The van der Waals surface area contributed by atoms with E-state index in [1.165, 1.54) is 11.3 Å². The van der Waals surface area contributed by atoms with Crippen molar-refractivity contribution in [1.29, 1.82) is 0 Å². The minimum atomic E-state index is -0.449. The Hall–Kier alpha value is -2.08. The van der Waals surface area contributed by atoms with Crippen LogP contribution in [0.15, 0.2) is 23.6 Å². The number of rotatable bonds is 4. The summed E-state index contributed by atoms with van der Waals surface area (Å²) in [6.45, 7) is 5.60. The van der Waals surface area contributed by atoms with Crippen LogP contribution in [0.1, 0.15) is 20.8 Å². The maximum atomic E-state index is 12.0. The van der Waals surface area contributed by atoms with E-state index in [9.17, 15) is 4.79 Å². The zero-order chi connectivity index (χ0) is 16.3. The van der Waals surface area contributed by atoms with Crippen LogP contribution in [0.5, 0.6) is 11.5 Å². The monoisotopic (exact) mass is 320 g/mol. The van der Waals surface area contributed by atoms with E-state index in [-0.39, 0.29) is 5.91 Å². The second-order valence-electron chi connectivity index (χ2n) is 5.81. The lowest BCUT2D eigenvalue weighted by atomic mass is 9.96. The molecule has 0 atom stereocenters. The highest BCUT2D eigenvalue weighted by molar-refractivity contribution is 7.14. The summed E-state index contributed by atoms with van der Waals surface area (Å²) >= 11 is 1.40. The van der Waals surface area contributed by atoms with E-state index >= 15 is 0 Å². The van der Waals surface area contributed by atoms with Crippen LogP contribution in [-0.2, 0) is 4.79 Å². The Bertz CT molecular complexity index is 674. The number of aromatic nitrogens is 1. The van der Waals surface area contributed by atoms with Gasteiger partial charge < -0.3 is 14.8 Å². The van der Waals surface area contributed by atoms with E-state index in [4.69, 9.17) is 9.47 Å². The Balaban J connectivity index is 2.23. The standard InChI is InChI=1S/C16H20N2O3S/c1-16(2,3)14(19)18-15-17-11(9-22-15)10-6-7-12(20-4)13(8-10)21-5/h6-9H,1-5H3,(H,17,18,19). The van der Waals surface area contributed by atoms with Gasteiger partial charge in [0.1, 0.15) is 0 Å². The van der Waals surface area contributed by atoms with Gasteiger partial charge in [0.05, 0.1) is 19.9 Å². The van der Waals surface area contributed by atoms with Gasteiger partial charge in [-0.05, 0) is 18.2 Å². The molecule has 1 aromatic heterocycles. The fourth-order valence-electron chi connectivity index (χ4n) is 1.74. The molecule has 2 rings (SSSR count). The number of nitrogens with zero attached hydrogens (tertiary/aromatic N) is 1. The van der Waals surface area contributed by atoms with E-state index in [0.29, 0.717) is 16.6 Å². The second kappa shape index (κ2) is 6.36. The molecule has 2 aromatic rings. The number of amides is 1. The molecule has 0 saturated heterocycles. The third-order valence-electron chi connectivity index (χ3n) is 3.09. The summed E-state index contributed by atoms with van der Waals surface area (Å²) < 4.78 is 10.5. The molecule has 5 nitrogen and oxygen atoms in total. The van der Waals surface area contributed by atoms with Gasteiger partial charge in [0.2, 0.25) is 5.91 Å². The zero-order valence-electron chi connectivity index (χ0n) is 13.4. The Morgan fingerprint density at radius 2 is 1.86 bits per heavy atom. The Labute approximate surface area is 134 Å². The largest absolute Gasteiger partial charge is 0.493 e. The van der Waals surface area contributed by atoms with Crippen LogP contribution in [0.25, 0.3) is 11.3 Å². The second-order valence-corrected chi connectivity index (χ2v) is 6.67. The Kier molecular flexibility index (Phi) is 4.71. The predicted octanol–water partition coefficient (Wildman–Crippen LogP) is 3.81. The van der Waals surface area contributed by atoms with Gasteiger partial charge in [-0.3, -0.25) is 4.79 Å². The number of benzene rings is 1. The summed E-state index contributed by atoms with van der Waals surface area (Å²) in [6.07, 6.45) is 0. The highest BCUT2D eigenvalue weighted by atomic mass is 32.1. The summed E-state index contributed by atoms with van der Waals surface area (Å²) in [7, 11) is 3.19. The molecule has 22 heavy (non-hydrogen) atoms. The van der Waals surface area contributed by atoms with Crippen molar-refractivity contribution in [3.63, 3.8) is 0 Å². The molecule has 1 aromatic carbocycles. The fourth-order valence-corrected chi connectivity index (χ4v) is 2.46. The summed E-state index contributed by atoms with van der Waals surface area (Å²) in [5, 5.41) is 5.33. The van der Waals surface area contributed by atoms with Crippen molar-refractivity contribution in [2.24, 2.45) is 5.41 Å². The number of nitrogens with one attached hydrogen (secondary N) is 1. The molecule has 118 valence electrons. The normalized spacial score (nSPS) is 11.1. The maximum absolute atomic E-state index is 12.0. The van der Waals surface area contributed by atoms with Crippen molar-refractivity contribution in [2.45, 2.75) is 20.8 Å². The van der Waals surface area contributed by atoms with Crippen molar-refractivity contribution in [3.8, 4) is 22.8 Å².